The van der Waals surface area contributed by atoms with Gasteiger partial charge in [0.2, 0.25) is 5.95 Å². The number of hydrogen-bond donors (Lipinski definition) is 4. The number of aliphatic hydroxyl groups is 2. The Morgan fingerprint density at radius 2 is 1.37 bits per heavy atom. The fraction of sp³-hybridized carbons (Fsp3) is 0.161. The van der Waals surface area contributed by atoms with E-state index in [4.69, 9.17) is 9.97 Å². The smallest absolute Gasteiger partial charge is 0.225 e. The molecule has 0 saturated heterocycles. The Labute approximate surface area is 226 Å². The van der Waals surface area contributed by atoms with Crippen LogP contribution >= 0.6 is 11.8 Å². The first-order valence-electron chi connectivity index (χ1n) is 12.6. The van der Waals surface area contributed by atoms with Crippen LogP contribution in [0.1, 0.15) is 29.2 Å². The number of nitrogens with one attached hydrogen (secondary N) is 2. The van der Waals surface area contributed by atoms with Gasteiger partial charge in [0.1, 0.15) is 5.82 Å². The number of fused-ring (bicyclic) bond motifs is 1. The average molecular weight is 523 g/mol. The van der Waals surface area contributed by atoms with E-state index >= 15 is 0 Å². The first kappa shape index (κ1) is 25.7. The van der Waals surface area contributed by atoms with E-state index in [1.54, 1.807) is 11.8 Å². The van der Waals surface area contributed by atoms with Crippen molar-refractivity contribution in [3.05, 3.63) is 120 Å². The molecule has 6 nitrogen and oxygen atoms in total. The van der Waals surface area contributed by atoms with Gasteiger partial charge >= 0.3 is 0 Å². The lowest BCUT2D eigenvalue weighted by Gasteiger charge is -2.20. The van der Waals surface area contributed by atoms with Gasteiger partial charge in [-0.1, -0.05) is 90.6 Å². The maximum atomic E-state index is 9.74. The number of anilines is 2. The molecule has 192 valence electrons. The Kier molecular flexibility index (Phi) is 8.50. The maximum absolute atomic E-state index is 9.74. The second-order valence-electron chi connectivity index (χ2n) is 8.86. The molecule has 0 aliphatic heterocycles. The van der Waals surface area contributed by atoms with Crippen LogP contribution in [0.3, 0.4) is 0 Å². The van der Waals surface area contributed by atoms with Crippen LogP contribution in [0.15, 0.2) is 113 Å². The molecule has 38 heavy (non-hydrogen) atoms. The van der Waals surface area contributed by atoms with E-state index < -0.39 is 0 Å². The molecule has 7 heteroatoms. The van der Waals surface area contributed by atoms with Crippen molar-refractivity contribution in [1.29, 1.82) is 0 Å². The number of aliphatic hydroxyl groups excluding tert-OH is 2. The normalized spacial score (nSPS) is 11.8. The Balaban J connectivity index is 1.41. The molecule has 4 aromatic carbocycles. The number of rotatable bonds is 11. The summed E-state index contributed by atoms with van der Waals surface area (Å²) < 4.78 is 0. The summed E-state index contributed by atoms with van der Waals surface area (Å²) in [7, 11) is 0. The van der Waals surface area contributed by atoms with Crippen molar-refractivity contribution >= 4 is 34.4 Å². The van der Waals surface area contributed by atoms with Gasteiger partial charge in [-0.05, 0) is 47.4 Å². The molecule has 1 aromatic heterocycles. The highest BCUT2D eigenvalue weighted by Crippen LogP contribution is 2.33. The van der Waals surface area contributed by atoms with Gasteiger partial charge in [-0.15, -0.1) is 0 Å². The first-order valence-corrected chi connectivity index (χ1v) is 13.4. The summed E-state index contributed by atoms with van der Waals surface area (Å²) in [4.78, 5) is 11.8. The second kappa shape index (κ2) is 12.6. The van der Waals surface area contributed by atoms with Gasteiger partial charge < -0.3 is 20.8 Å². The monoisotopic (exact) mass is 522 g/mol. The van der Waals surface area contributed by atoms with Gasteiger partial charge in [0.25, 0.3) is 0 Å². The van der Waals surface area contributed by atoms with Crippen LogP contribution in [0.2, 0.25) is 0 Å². The molecule has 0 radical (unpaired) electrons. The standard InChI is InChI=1S/C31H30N4O2S/c36-19-18-26(22-10-2-1-3-11-22)33-30-25-14-6-7-15-27(25)34-31(35-30)32-20-23-12-4-8-16-28(23)38-29-17-9-5-13-24(29)21-37/h1-17,26,36-37H,18-21H2,(H2,32,33,34,35)/t26-/m0/s1. The molecule has 1 heterocycles. The zero-order valence-corrected chi connectivity index (χ0v) is 21.7. The average Bonchev–Trinajstić information content (AvgIpc) is 2.97. The molecule has 0 spiro atoms. The molecule has 0 saturated carbocycles. The Morgan fingerprint density at radius 3 is 2.13 bits per heavy atom. The number of nitrogens with zero attached hydrogens (tertiary/aromatic N) is 2. The quantitative estimate of drug-likeness (QED) is 0.159. The Morgan fingerprint density at radius 1 is 0.711 bits per heavy atom. The molecule has 0 aliphatic rings. The summed E-state index contributed by atoms with van der Waals surface area (Å²) in [6.45, 7) is 0.611. The van der Waals surface area contributed by atoms with Gasteiger partial charge in [-0.3, -0.25) is 0 Å². The zero-order valence-electron chi connectivity index (χ0n) is 20.9. The number of aromatic nitrogens is 2. The van der Waals surface area contributed by atoms with Gasteiger partial charge in [0.05, 0.1) is 18.2 Å². The van der Waals surface area contributed by atoms with E-state index in [-0.39, 0.29) is 19.3 Å². The predicted molar refractivity (Wildman–Crippen MR) is 154 cm³/mol. The van der Waals surface area contributed by atoms with Crippen molar-refractivity contribution in [2.24, 2.45) is 0 Å². The minimum atomic E-state index is -0.0870. The largest absolute Gasteiger partial charge is 0.396 e. The molecule has 0 aliphatic carbocycles. The van der Waals surface area contributed by atoms with Crippen molar-refractivity contribution in [2.45, 2.75) is 35.4 Å². The lowest BCUT2D eigenvalue weighted by molar-refractivity contribution is 0.279. The van der Waals surface area contributed by atoms with Crippen molar-refractivity contribution in [1.82, 2.24) is 9.97 Å². The molecular formula is C31H30N4O2S. The highest BCUT2D eigenvalue weighted by molar-refractivity contribution is 7.99. The van der Waals surface area contributed by atoms with E-state index in [2.05, 4.69) is 34.9 Å². The zero-order chi connectivity index (χ0) is 26.2. The van der Waals surface area contributed by atoms with Crippen LogP contribution in [-0.2, 0) is 13.2 Å². The van der Waals surface area contributed by atoms with Gasteiger partial charge in [-0.25, -0.2) is 4.98 Å². The predicted octanol–water partition coefficient (Wildman–Crippen LogP) is 6.42. The van der Waals surface area contributed by atoms with Gasteiger partial charge in [0.15, 0.2) is 0 Å². The Bertz CT molecular complexity index is 1500. The van der Waals surface area contributed by atoms with Crippen LogP contribution in [0.25, 0.3) is 10.9 Å². The summed E-state index contributed by atoms with van der Waals surface area (Å²) >= 11 is 1.64. The molecule has 0 fully saturated rings. The minimum Gasteiger partial charge on any atom is -0.396 e. The van der Waals surface area contributed by atoms with E-state index in [1.165, 1.54) is 0 Å². The van der Waals surface area contributed by atoms with Crippen LogP contribution in [-0.4, -0.2) is 26.8 Å². The van der Waals surface area contributed by atoms with E-state index in [9.17, 15) is 10.2 Å². The van der Waals surface area contributed by atoms with Crippen LogP contribution in [0, 0.1) is 0 Å². The third-order valence-electron chi connectivity index (χ3n) is 6.31. The third-order valence-corrected chi connectivity index (χ3v) is 7.54. The summed E-state index contributed by atoms with van der Waals surface area (Å²) in [6.07, 6.45) is 0.561. The van der Waals surface area contributed by atoms with Crippen molar-refractivity contribution in [3.8, 4) is 0 Å². The number of hydrogen-bond acceptors (Lipinski definition) is 7. The Hall–Kier alpha value is -3.91. The van der Waals surface area contributed by atoms with Crippen LogP contribution < -0.4 is 10.6 Å². The minimum absolute atomic E-state index is 0.00452. The highest BCUT2D eigenvalue weighted by Gasteiger charge is 2.15. The second-order valence-corrected chi connectivity index (χ2v) is 9.95. The van der Waals surface area contributed by atoms with Crippen molar-refractivity contribution in [3.63, 3.8) is 0 Å². The highest BCUT2D eigenvalue weighted by atomic mass is 32.2. The molecule has 0 unspecified atom stereocenters. The molecule has 0 amide bonds. The van der Waals surface area contributed by atoms with Crippen LogP contribution in [0.5, 0.6) is 0 Å². The summed E-state index contributed by atoms with van der Waals surface area (Å²) in [5.74, 6) is 1.25. The fourth-order valence-corrected chi connectivity index (χ4v) is 5.41. The number of para-hydroxylation sites is 1. The van der Waals surface area contributed by atoms with Crippen LogP contribution in [0.4, 0.5) is 11.8 Å². The molecule has 5 rings (SSSR count). The summed E-state index contributed by atoms with van der Waals surface area (Å²) in [5, 5.41) is 27.4. The molecular weight excluding hydrogens is 492 g/mol. The van der Waals surface area contributed by atoms with Crippen molar-refractivity contribution in [2.75, 3.05) is 17.2 Å². The fourth-order valence-electron chi connectivity index (χ4n) is 4.34. The lowest BCUT2D eigenvalue weighted by Crippen LogP contribution is -2.15. The summed E-state index contributed by atoms with van der Waals surface area (Å²) in [5.41, 5.74) is 3.94. The van der Waals surface area contributed by atoms with Crippen molar-refractivity contribution < 1.29 is 10.2 Å². The lowest BCUT2D eigenvalue weighted by atomic mass is 10.0. The van der Waals surface area contributed by atoms with Gasteiger partial charge in [0, 0.05) is 28.3 Å². The van der Waals surface area contributed by atoms with E-state index in [0.29, 0.717) is 18.9 Å². The van der Waals surface area contributed by atoms with E-state index in [0.717, 1.165) is 43.2 Å². The first-order chi connectivity index (χ1) is 18.7. The van der Waals surface area contributed by atoms with Gasteiger partial charge in [-0.2, -0.15) is 4.98 Å². The SMILES string of the molecule is OCC[C@H](Nc1nc(NCc2ccccc2Sc2ccccc2CO)nc2ccccc12)c1ccccc1. The summed E-state index contributed by atoms with van der Waals surface area (Å²) in [6, 6.07) is 34.1. The molecule has 1 atom stereocenters. The number of benzene rings is 4. The third kappa shape index (κ3) is 6.14. The molecule has 4 N–H and O–H groups in total. The molecule has 5 aromatic rings. The van der Waals surface area contributed by atoms with E-state index in [1.807, 2.05) is 78.9 Å². The topological polar surface area (TPSA) is 90.3 Å². The maximum Gasteiger partial charge on any atom is 0.225 e. The molecule has 0 bridgehead atoms.